The molecule has 0 bridgehead atoms. The van der Waals surface area contributed by atoms with Gasteiger partial charge in [-0.2, -0.15) is 18.3 Å². The first kappa shape index (κ1) is 20.6. The van der Waals surface area contributed by atoms with Crippen LogP contribution in [0.3, 0.4) is 0 Å². The first-order valence-electron chi connectivity index (χ1n) is 8.43. The number of nitrogens with one attached hydrogen (secondary N) is 1. The molecule has 1 aliphatic heterocycles. The number of H-pyrrole nitrogens is 1. The highest BCUT2D eigenvalue weighted by atomic mass is 19.4. The Morgan fingerprint density at radius 1 is 1.41 bits per heavy atom. The Balaban J connectivity index is 1.55. The molecule has 3 rings (SSSR count). The molecule has 0 saturated carbocycles. The number of likely N-dealkylation sites (tertiary alicyclic amines) is 1. The van der Waals surface area contributed by atoms with Gasteiger partial charge in [-0.1, -0.05) is 5.16 Å². The Morgan fingerprint density at radius 3 is 2.79 bits per heavy atom. The third-order valence-electron chi connectivity index (χ3n) is 4.29. The molecular weight excluding hydrogens is 399 g/mol. The van der Waals surface area contributed by atoms with E-state index in [4.69, 9.17) is 9.26 Å². The molecule has 0 radical (unpaired) electrons. The predicted molar refractivity (Wildman–Crippen MR) is 89.1 cm³/mol. The zero-order valence-electron chi connectivity index (χ0n) is 15.5. The van der Waals surface area contributed by atoms with Crippen molar-refractivity contribution in [2.24, 2.45) is 0 Å². The number of amides is 2. The fourth-order valence-corrected chi connectivity index (χ4v) is 2.70. The monoisotopic (exact) mass is 417 g/mol. The molecule has 0 aromatic carbocycles. The largest absolute Gasteiger partial charge is 0.468 e. The molecule has 0 spiro atoms. The van der Waals surface area contributed by atoms with Crippen LogP contribution in [0.4, 0.5) is 13.2 Å². The van der Waals surface area contributed by atoms with Crippen LogP contribution in [0.2, 0.25) is 0 Å². The average molecular weight is 417 g/mol. The fourth-order valence-electron chi connectivity index (χ4n) is 2.70. The summed E-state index contributed by atoms with van der Waals surface area (Å²) in [5.41, 5.74) is 0.363. The van der Waals surface area contributed by atoms with Gasteiger partial charge in [0.1, 0.15) is 11.3 Å². The van der Waals surface area contributed by atoms with Crippen molar-refractivity contribution in [2.75, 3.05) is 33.9 Å². The summed E-state index contributed by atoms with van der Waals surface area (Å²) in [5, 5.41) is 9.52. The van der Waals surface area contributed by atoms with Crippen LogP contribution in [0.25, 0.3) is 0 Å². The lowest BCUT2D eigenvalue weighted by atomic mass is 10.1. The van der Waals surface area contributed by atoms with E-state index in [9.17, 15) is 22.8 Å². The summed E-state index contributed by atoms with van der Waals surface area (Å²) in [6.45, 7) is -0.943. The predicted octanol–water partition coefficient (Wildman–Crippen LogP) is 1.08. The maximum Gasteiger partial charge on any atom is 0.422 e. The number of carbonyl (C=O) groups is 2. The lowest BCUT2D eigenvalue weighted by molar-refractivity contribution is -0.154. The molecule has 2 aromatic rings. The molecule has 2 aromatic heterocycles. The molecule has 2 amide bonds. The Hall–Kier alpha value is -3.09. The zero-order valence-corrected chi connectivity index (χ0v) is 15.5. The summed E-state index contributed by atoms with van der Waals surface area (Å²) in [7, 11) is 3.05. The van der Waals surface area contributed by atoms with Gasteiger partial charge >= 0.3 is 6.18 Å². The SMILES string of the molecule is COCc1cc(C(=O)N(C)C2CN(C(=O)c3cn[nH]c3OCC(F)(F)F)C2)on1. The number of halogens is 3. The van der Waals surface area contributed by atoms with Crippen molar-refractivity contribution in [3.63, 3.8) is 0 Å². The first-order valence-corrected chi connectivity index (χ1v) is 8.43. The molecule has 0 atom stereocenters. The Morgan fingerprint density at radius 2 is 2.14 bits per heavy atom. The van der Waals surface area contributed by atoms with Crippen LogP contribution in [-0.4, -0.2) is 83.0 Å². The average Bonchev–Trinajstić information content (AvgIpc) is 3.26. The van der Waals surface area contributed by atoms with E-state index >= 15 is 0 Å². The summed E-state index contributed by atoms with van der Waals surface area (Å²) in [6.07, 6.45) is -3.44. The van der Waals surface area contributed by atoms with E-state index in [0.717, 1.165) is 6.20 Å². The van der Waals surface area contributed by atoms with Crippen LogP contribution in [-0.2, 0) is 11.3 Å². The van der Waals surface area contributed by atoms with E-state index in [1.807, 2.05) is 0 Å². The van der Waals surface area contributed by atoms with E-state index in [1.165, 1.54) is 23.0 Å². The number of nitrogens with zero attached hydrogens (tertiary/aromatic N) is 4. The molecule has 1 N–H and O–H groups in total. The van der Waals surface area contributed by atoms with Crippen LogP contribution >= 0.6 is 0 Å². The summed E-state index contributed by atoms with van der Waals surface area (Å²) >= 11 is 0. The molecule has 0 aliphatic carbocycles. The van der Waals surface area contributed by atoms with Gasteiger partial charge in [0.2, 0.25) is 11.6 Å². The van der Waals surface area contributed by atoms with Gasteiger partial charge in [-0.05, 0) is 0 Å². The third kappa shape index (κ3) is 4.67. The Kier molecular flexibility index (Phi) is 5.77. The van der Waals surface area contributed by atoms with Gasteiger partial charge in [-0.3, -0.25) is 9.59 Å². The zero-order chi connectivity index (χ0) is 21.2. The van der Waals surface area contributed by atoms with E-state index in [1.54, 1.807) is 7.05 Å². The molecule has 0 unspecified atom stereocenters. The van der Waals surface area contributed by atoms with Crippen LogP contribution in [0.1, 0.15) is 26.6 Å². The number of methoxy groups -OCH3 is 1. The highest BCUT2D eigenvalue weighted by Crippen LogP contribution is 2.24. The third-order valence-corrected chi connectivity index (χ3v) is 4.29. The van der Waals surface area contributed by atoms with Crippen molar-refractivity contribution >= 4 is 11.8 Å². The van der Waals surface area contributed by atoms with Crippen molar-refractivity contribution in [3.05, 3.63) is 29.3 Å². The minimum atomic E-state index is -4.54. The minimum Gasteiger partial charge on any atom is -0.468 e. The Bertz CT molecular complexity index is 874. The van der Waals surface area contributed by atoms with E-state index in [2.05, 4.69) is 20.1 Å². The van der Waals surface area contributed by atoms with Crippen molar-refractivity contribution < 1.29 is 36.8 Å². The smallest absolute Gasteiger partial charge is 0.422 e. The van der Waals surface area contributed by atoms with Crippen LogP contribution in [0, 0.1) is 0 Å². The number of aromatic nitrogens is 3. The van der Waals surface area contributed by atoms with Crippen molar-refractivity contribution in [2.45, 2.75) is 18.8 Å². The van der Waals surface area contributed by atoms with Crippen LogP contribution < -0.4 is 4.74 Å². The second-order valence-corrected chi connectivity index (χ2v) is 6.41. The first-order chi connectivity index (χ1) is 13.7. The quantitative estimate of drug-likeness (QED) is 0.717. The molecule has 158 valence electrons. The second-order valence-electron chi connectivity index (χ2n) is 6.41. The van der Waals surface area contributed by atoms with Crippen LogP contribution in [0.15, 0.2) is 16.8 Å². The number of rotatable bonds is 7. The van der Waals surface area contributed by atoms with E-state index < -0.39 is 24.6 Å². The maximum atomic E-state index is 12.5. The number of hydrogen-bond acceptors (Lipinski definition) is 7. The summed E-state index contributed by atoms with van der Waals surface area (Å²) in [6, 6.07) is 1.19. The van der Waals surface area contributed by atoms with Gasteiger partial charge in [-0.25, -0.2) is 5.10 Å². The number of aromatic amines is 1. The van der Waals surface area contributed by atoms with Gasteiger partial charge in [0.05, 0.1) is 18.8 Å². The van der Waals surface area contributed by atoms with Gasteiger partial charge in [0.15, 0.2) is 6.61 Å². The number of ether oxygens (including phenoxy) is 2. The number of alkyl halides is 3. The maximum absolute atomic E-state index is 12.5. The van der Waals surface area contributed by atoms with Gasteiger partial charge in [0, 0.05) is 33.3 Å². The fraction of sp³-hybridized carbons (Fsp3) is 0.500. The van der Waals surface area contributed by atoms with Gasteiger partial charge < -0.3 is 23.8 Å². The molecule has 3 heterocycles. The molecule has 13 heteroatoms. The molecule has 29 heavy (non-hydrogen) atoms. The normalized spacial score (nSPS) is 14.6. The lowest BCUT2D eigenvalue weighted by Crippen LogP contribution is -2.61. The number of hydrogen-bond donors (Lipinski definition) is 1. The molecule has 1 aliphatic rings. The molecule has 10 nitrogen and oxygen atoms in total. The number of carbonyl (C=O) groups excluding carboxylic acids is 2. The van der Waals surface area contributed by atoms with Gasteiger partial charge in [-0.15, -0.1) is 0 Å². The highest BCUT2D eigenvalue weighted by molar-refractivity contribution is 5.97. The lowest BCUT2D eigenvalue weighted by Gasteiger charge is -2.43. The van der Waals surface area contributed by atoms with Gasteiger partial charge in [0.25, 0.3) is 11.8 Å². The molecule has 1 saturated heterocycles. The standard InChI is InChI=1S/C16H18F3N5O5/c1-23(15(26)12-3-9(7-27-2)22-29-12)10-5-24(6-10)14(25)11-4-20-21-13(11)28-8-16(17,18)19/h3-4,10H,5-8H2,1-2H3,(H,20,21). The van der Waals surface area contributed by atoms with E-state index in [0.29, 0.717) is 5.69 Å². The Labute approximate surface area is 162 Å². The molecular formula is C16H18F3N5O5. The minimum absolute atomic E-state index is 0.0435. The second kappa shape index (κ2) is 8.11. The van der Waals surface area contributed by atoms with Crippen LogP contribution in [0.5, 0.6) is 5.88 Å². The van der Waals surface area contributed by atoms with Crippen molar-refractivity contribution in [1.82, 2.24) is 25.2 Å². The van der Waals surface area contributed by atoms with Crippen molar-refractivity contribution in [1.29, 1.82) is 0 Å². The highest BCUT2D eigenvalue weighted by Gasteiger charge is 2.38. The van der Waals surface area contributed by atoms with Crippen molar-refractivity contribution in [3.8, 4) is 5.88 Å². The summed E-state index contributed by atoms with van der Waals surface area (Å²) in [4.78, 5) is 27.7. The number of likely N-dealkylation sites (N-methyl/N-ethyl adjacent to an activating group) is 1. The summed E-state index contributed by atoms with van der Waals surface area (Å²) in [5.74, 6) is -1.26. The molecule has 1 fully saturated rings. The topological polar surface area (TPSA) is 114 Å². The summed E-state index contributed by atoms with van der Waals surface area (Å²) < 4.78 is 51.4. The van der Waals surface area contributed by atoms with E-state index in [-0.39, 0.29) is 42.9 Å².